The molecule has 1 saturated carbocycles. The summed E-state index contributed by atoms with van der Waals surface area (Å²) in [6.45, 7) is 4.34. The molecular weight excluding hydrogens is 228 g/mol. The smallest absolute Gasteiger partial charge is 0.0946 e. The second-order valence-corrected chi connectivity index (χ2v) is 6.60. The lowest BCUT2D eigenvalue weighted by Crippen LogP contribution is -2.45. The highest BCUT2D eigenvalue weighted by Crippen LogP contribution is 2.35. The van der Waals surface area contributed by atoms with Gasteiger partial charge >= 0.3 is 0 Å². The Bertz CT molecular complexity index is 351. The van der Waals surface area contributed by atoms with Gasteiger partial charge in [0.25, 0.3) is 0 Å². The fourth-order valence-electron chi connectivity index (χ4n) is 2.91. The normalized spacial score (nSPS) is 29.5. The van der Waals surface area contributed by atoms with Crippen molar-refractivity contribution in [1.82, 2.24) is 4.98 Å². The molecule has 0 aliphatic heterocycles. The van der Waals surface area contributed by atoms with Crippen LogP contribution in [0.25, 0.3) is 0 Å². The fourth-order valence-corrected chi connectivity index (χ4v) is 3.84. The van der Waals surface area contributed by atoms with E-state index in [-0.39, 0.29) is 5.54 Å². The molecule has 1 aliphatic carbocycles. The van der Waals surface area contributed by atoms with Crippen molar-refractivity contribution in [1.29, 1.82) is 0 Å². The molecule has 1 aliphatic rings. The maximum atomic E-state index is 6.53. The van der Waals surface area contributed by atoms with E-state index in [0.29, 0.717) is 0 Å². The average molecular weight is 252 g/mol. The van der Waals surface area contributed by atoms with Crippen LogP contribution in [-0.2, 0) is 6.42 Å². The van der Waals surface area contributed by atoms with Gasteiger partial charge in [-0.25, -0.2) is 4.98 Å². The minimum absolute atomic E-state index is 0.0224. The van der Waals surface area contributed by atoms with Crippen LogP contribution in [-0.4, -0.2) is 10.5 Å². The standard InChI is InChI=1S/C14H24N2S/c1-3-4-12-5-7-14(15,8-6-12)9-13-16-11(2)10-17-13/h10,12H,3-9,15H2,1-2H3. The number of nitrogens with two attached hydrogens (primary N) is 1. The Labute approximate surface area is 109 Å². The molecule has 0 radical (unpaired) electrons. The maximum Gasteiger partial charge on any atom is 0.0946 e. The summed E-state index contributed by atoms with van der Waals surface area (Å²) in [4.78, 5) is 4.54. The van der Waals surface area contributed by atoms with Gasteiger partial charge in [-0.1, -0.05) is 19.8 Å². The molecular formula is C14H24N2S. The van der Waals surface area contributed by atoms with Gasteiger partial charge in [0, 0.05) is 23.0 Å². The van der Waals surface area contributed by atoms with Crippen LogP contribution < -0.4 is 5.73 Å². The molecule has 1 heterocycles. The summed E-state index contributed by atoms with van der Waals surface area (Å²) in [5.41, 5.74) is 7.68. The fraction of sp³-hybridized carbons (Fsp3) is 0.786. The van der Waals surface area contributed by atoms with Crippen molar-refractivity contribution in [2.45, 2.75) is 64.3 Å². The Kier molecular flexibility index (Phi) is 4.21. The minimum Gasteiger partial charge on any atom is -0.325 e. The lowest BCUT2D eigenvalue weighted by Gasteiger charge is -2.36. The maximum absolute atomic E-state index is 6.53. The van der Waals surface area contributed by atoms with Crippen molar-refractivity contribution in [2.75, 3.05) is 0 Å². The first-order valence-electron chi connectivity index (χ1n) is 6.81. The van der Waals surface area contributed by atoms with Gasteiger partial charge < -0.3 is 5.73 Å². The van der Waals surface area contributed by atoms with Gasteiger partial charge in [0.15, 0.2) is 0 Å². The summed E-state index contributed by atoms with van der Waals surface area (Å²) >= 11 is 1.76. The van der Waals surface area contributed by atoms with E-state index >= 15 is 0 Å². The van der Waals surface area contributed by atoms with Crippen molar-refractivity contribution < 1.29 is 0 Å². The van der Waals surface area contributed by atoms with Gasteiger partial charge in [-0.15, -0.1) is 11.3 Å². The molecule has 1 aromatic rings. The first kappa shape index (κ1) is 13.0. The largest absolute Gasteiger partial charge is 0.325 e. The molecule has 0 atom stereocenters. The highest BCUT2D eigenvalue weighted by molar-refractivity contribution is 7.09. The Hall–Kier alpha value is -0.410. The number of rotatable bonds is 4. The van der Waals surface area contributed by atoms with Crippen LogP contribution in [0.4, 0.5) is 0 Å². The predicted octanol–water partition coefficient (Wildman–Crippen LogP) is 3.68. The van der Waals surface area contributed by atoms with Gasteiger partial charge in [0.2, 0.25) is 0 Å². The molecule has 2 N–H and O–H groups in total. The van der Waals surface area contributed by atoms with Crippen molar-refractivity contribution in [2.24, 2.45) is 11.7 Å². The van der Waals surface area contributed by atoms with Gasteiger partial charge in [0.1, 0.15) is 0 Å². The lowest BCUT2D eigenvalue weighted by molar-refractivity contribution is 0.223. The van der Waals surface area contributed by atoms with Crippen LogP contribution in [0.5, 0.6) is 0 Å². The molecule has 0 unspecified atom stereocenters. The van der Waals surface area contributed by atoms with E-state index in [1.807, 2.05) is 0 Å². The number of thiazole rings is 1. The summed E-state index contributed by atoms with van der Waals surface area (Å²) < 4.78 is 0. The number of hydrogen-bond donors (Lipinski definition) is 1. The summed E-state index contributed by atoms with van der Waals surface area (Å²) in [6, 6.07) is 0. The molecule has 0 aromatic carbocycles. The highest BCUT2D eigenvalue weighted by Gasteiger charge is 2.32. The molecule has 3 heteroatoms. The van der Waals surface area contributed by atoms with Gasteiger partial charge in [0.05, 0.1) is 5.01 Å². The summed E-state index contributed by atoms with van der Waals surface area (Å²) in [6.07, 6.45) is 8.65. The van der Waals surface area contributed by atoms with Crippen LogP contribution in [0, 0.1) is 12.8 Å². The predicted molar refractivity (Wildman–Crippen MR) is 74.3 cm³/mol. The summed E-state index contributed by atoms with van der Waals surface area (Å²) in [7, 11) is 0. The molecule has 0 bridgehead atoms. The third-order valence-corrected chi connectivity index (χ3v) is 4.93. The Morgan fingerprint density at radius 2 is 2.18 bits per heavy atom. The molecule has 2 rings (SSSR count). The van der Waals surface area contributed by atoms with Crippen LogP contribution in [0.1, 0.15) is 56.2 Å². The number of aryl methyl sites for hydroxylation is 1. The monoisotopic (exact) mass is 252 g/mol. The SMILES string of the molecule is CCCC1CCC(N)(Cc2nc(C)cs2)CC1. The van der Waals surface area contributed by atoms with Crippen LogP contribution in [0.15, 0.2) is 5.38 Å². The molecule has 0 amide bonds. The van der Waals surface area contributed by atoms with E-state index in [9.17, 15) is 0 Å². The van der Waals surface area contributed by atoms with Crippen molar-refractivity contribution in [3.8, 4) is 0 Å². The van der Waals surface area contributed by atoms with Crippen molar-refractivity contribution in [3.63, 3.8) is 0 Å². The third kappa shape index (κ3) is 3.52. The zero-order chi connectivity index (χ0) is 12.3. The number of hydrogen-bond acceptors (Lipinski definition) is 3. The summed E-state index contributed by atoms with van der Waals surface area (Å²) in [5.74, 6) is 0.926. The average Bonchev–Trinajstić information content (AvgIpc) is 2.68. The molecule has 96 valence electrons. The second kappa shape index (κ2) is 5.49. The number of nitrogens with zero attached hydrogens (tertiary/aromatic N) is 1. The first-order chi connectivity index (χ1) is 8.11. The van der Waals surface area contributed by atoms with Gasteiger partial charge in [-0.05, 0) is 38.5 Å². The quantitative estimate of drug-likeness (QED) is 0.887. The molecule has 17 heavy (non-hydrogen) atoms. The molecule has 1 aromatic heterocycles. The highest BCUT2D eigenvalue weighted by atomic mass is 32.1. The Morgan fingerprint density at radius 3 is 2.71 bits per heavy atom. The summed E-state index contributed by atoms with van der Waals surface area (Å²) in [5, 5.41) is 3.35. The topological polar surface area (TPSA) is 38.9 Å². The molecule has 0 saturated heterocycles. The van der Waals surface area contributed by atoms with E-state index in [1.54, 1.807) is 11.3 Å². The van der Waals surface area contributed by atoms with E-state index in [4.69, 9.17) is 5.73 Å². The van der Waals surface area contributed by atoms with Crippen LogP contribution in [0.2, 0.25) is 0 Å². The van der Waals surface area contributed by atoms with Crippen molar-refractivity contribution in [3.05, 3.63) is 16.1 Å². The van der Waals surface area contributed by atoms with Crippen LogP contribution in [0.3, 0.4) is 0 Å². The Balaban J connectivity index is 1.89. The second-order valence-electron chi connectivity index (χ2n) is 5.65. The zero-order valence-electron chi connectivity index (χ0n) is 11.0. The van der Waals surface area contributed by atoms with E-state index < -0.39 is 0 Å². The lowest BCUT2D eigenvalue weighted by atomic mass is 9.74. The molecule has 2 nitrogen and oxygen atoms in total. The first-order valence-corrected chi connectivity index (χ1v) is 7.69. The minimum atomic E-state index is 0.0224. The van der Waals surface area contributed by atoms with Crippen LogP contribution >= 0.6 is 11.3 Å². The van der Waals surface area contributed by atoms with E-state index in [0.717, 1.165) is 18.0 Å². The molecule has 1 fully saturated rings. The van der Waals surface area contributed by atoms with Gasteiger partial charge in [-0.2, -0.15) is 0 Å². The van der Waals surface area contributed by atoms with E-state index in [2.05, 4.69) is 24.2 Å². The third-order valence-electron chi connectivity index (χ3n) is 3.97. The zero-order valence-corrected chi connectivity index (χ0v) is 11.9. The molecule has 0 spiro atoms. The van der Waals surface area contributed by atoms with Gasteiger partial charge in [-0.3, -0.25) is 0 Å². The number of aromatic nitrogens is 1. The van der Waals surface area contributed by atoms with Crippen molar-refractivity contribution >= 4 is 11.3 Å². The Morgan fingerprint density at radius 1 is 1.47 bits per heavy atom. The van der Waals surface area contributed by atoms with E-state index in [1.165, 1.54) is 43.5 Å².